The highest BCUT2D eigenvalue weighted by atomic mass is 35.5. The van der Waals surface area contributed by atoms with Gasteiger partial charge in [-0.05, 0) is 12.1 Å². The largest absolute Gasteiger partial charge is 0.494 e. The molecule has 20 heavy (non-hydrogen) atoms. The number of nitrogens with zero attached hydrogens (tertiary/aromatic N) is 1. The molecule has 114 valence electrons. The Kier molecular flexibility index (Phi) is 6.58. The molecular weight excluding hydrogens is 293 g/mol. The molecule has 2 rings (SSSR count). The van der Waals surface area contributed by atoms with Crippen molar-refractivity contribution in [2.24, 2.45) is 0 Å². The molecule has 1 fully saturated rings. The maximum absolute atomic E-state index is 14.2. The summed E-state index contributed by atoms with van der Waals surface area (Å²) >= 11 is 0. The first kappa shape index (κ1) is 17.1. The van der Waals surface area contributed by atoms with Crippen LogP contribution in [0.1, 0.15) is 11.6 Å². The minimum atomic E-state index is -0.905. The van der Waals surface area contributed by atoms with Crippen LogP contribution in [0.3, 0.4) is 0 Å². The Morgan fingerprint density at radius 1 is 1.30 bits per heavy atom. The molecule has 1 heterocycles. The normalized spacial score (nSPS) is 17.4. The quantitative estimate of drug-likeness (QED) is 0.923. The first-order valence-electron chi connectivity index (χ1n) is 6.21. The van der Waals surface area contributed by atoms with Crippen molar-refractivity contribution < 1.29 is 17.9 Å². The molecule has 0 unspecified atom stereocenters. The summed E-state index contributed by atoms with van der Waals surface area (Å²) in [5.74, 6) is -1.62. The van der Waals surface area contributed by atoms with E-state index in [-0.39, 0.29) is 23.7 Å². The summed E-state index contributed by atoms with van der Waals surface area (Å²) in [5, 5.41) is 3.12. The summed E-state index contributed by atoms with van der Waals surface area (Å²) in [7, 11) is 1.30. The summed E-state index contributed by atoms with van der Waals surface area (Å²) in [6.45, 7) is 1.66. The van der Waals surface area contributed by atoms with Crippen LogP contribution in [0.5, 0.6) is 5.75 Å². The van der Waals surface area contributed by atoms with Crippen molar-refractivity contribution in [3.63, 3.8) is 0 Å². The summed E-state index contributed by atoms with van der Waals surface area (Å²) in [4.78, 5) is 1.75. The number of halogens is 4. The topological polar surface area (TPSA) is 24.5 Å². The third kappa shape index (κ3) is 3.37. The van der Waals surface area contributed by atoms with Gasteiger partial charge in [0.1, 0.15) is 12.5 Å². The maximum atomic E-state index is 14.2. The molecule has 0 saturated carbocycles. The molecule has 1 aromatic carbocycles. The van der Waals surface area contributed by atoms with E-state index >= 15 is 0 Å². The summed E-state index contributed by atoms with van der Waals surface area (Å²) in [6, 6.07) is 1.42. The number of hydrogen-bond donors (Lipinski definition) is 1. The molecule has 1 aromatic rings. The number of benzene rings is 1. The van der Waals surface area contributed by atoms with Gasteiger partial charge in [-0.3, -0.25) is 4.90 Å². The second-order valence-electron chi connectivity index (χ2n) is 4.43. The highest BCUT2D eigenvalue weighted by Gasteiger charge is 2.29. The van der Waals surface area contributed by atoms with E-state index in [4.69, 9.17) is 4.74 Å². The lowest BCUT2D eigenvalue weighted by Crippen LogP contribution is -2.46. The Morgan fingerprint density at radius 3 is 2.50 bits per heavy atom. The van der Waals surface area contributed by atoms with Crippen molar-refractivity contribution in [3.8, 4) is 5.75 Å². The van der Waals surface area contributed by atoms with Crippen molar-refractivity contribution in [1.82, 2.24) is 10.2 Å². The van der Waals surface area contributed by atoms with Crippen LogP contribution in [0.15, 0.2) is 12.1 Å². The Labute approximate surface area is 122 Å². The number of nitrogens with one attached hydrogen (secondary N) is 1. The Bertz CT molecular complexity index is 442. The van der Waals surface area contributed by atoms with Crippen LogP contribution in [-0.4, -0.2) is 44.9 Å². The van der Waals surface area contributed by atoms with Gasteiger partial charge in [0.15, 0.2) is 11.6 Å². The second-order valence-corrected chi connectivity index (χ2v) is 4.43. The first-order chi connectivity index (χ1) is 9.19. The van der Waals surface area contributed by atoms with Crippen LogP contribution in [0.4, 0.5) is 13.2 Å². The summed E-state index contributed by atoms with van der Waals surface area (Å²) in [5.41, 5.74) is -0.247. The smallest absolute Gasteiger partial charge is 0.172 e. The predicted molar refractivity (Wildman–Crippen MR) is 73.3 cm³/mol. The molecule has 1 saturated heterocycles. The van der Waals surface area contributed by atoms with Gasteiger partial charge >= 0.3 is 0 Å². The van der Waals surface area contributed by atoms with Gasteiger partial charge in [-0.15, -0.1) is 12.4 Å². The van der Waals surface area contributed by atoms with Crippen LogP contribution >= 0.6 is 12.4 Å². The standard InChI is InChI=1S/C13H17F3N2O.ClH/c1-19-11-3-2-9(15)12(13(11)16)10(8-14)18-6-4-17-5-7-18;/h2-3,10,17H,4-8H2,1H3;1H/t10-;/m0./s1. The lowest BCUT2D eigenvalue weighted by molar-refractivity contribution is 0.140. The van der Waals surface area contributed by atoms with E-state index in [9.17, 15) is 13.2 Å². The highest BCUT2D eigenvalue weighted by molar-refractivity contribution is 5.85. The van der Waals surface area contributed by atoms with Gasteiger partial charge < -0.3 is 10.1 Å². The molecule has 0 radical (unpaired) electrons. The fraction of sp³-hybridized carbons (Fsp3) is 0.538. The number of alkyl halides is 1. The fourth-order valence-electron chi connectivity index (χ4n) is 2.36. The van der Waals surface area contributed by atoms with Gasteiger partial charge in [-0.1, -0.05) is 0 Å². The van der Waals surface area contributed by atoms with Gasteiger partial charge in [-0.25, -0.2) is 13.2 Å². The zero-order valence-corrected chi connectivity index (χ0v) is 12.0. The lowest BCUT2D eigenvalue weighted by atomic mass is 10.0. The van der Waals surface area contributed by atoms with Crippen molar-refractivity contribution in [2.45, 2.75) is 6.04 Å². The molecule has 3 nitrogen and oxygen atoms in total. The fourth-order valence-corrected chi connectivity index (χ4v) is 2.36. The van der Waals surface area contributed by atoms with Crippen LogP contribution < -0.4 is 10.1 Å². The second kappa shape index (κ2) is 7.71. The van der Waals surface area contributed by atoms with Crippen molar-refractivity contribution in [3.05, 3.63) is 29.3 Å². The molecule has 0 amide bonds. The molecule has 0 spiro atoms. The summed E-state index contributed by atoms with van der Waals surface area (Å²) < 4.78 is 46.1. The molecule has 0 bridgehead atoms. The van der Waals surface area contributed by atoms with Crippen LogP contribution in [0.2, 0.25) is 0 Å². The monoisotopic (exact) mass is 310 g/mol. The first-order valence-corrected chi connectivity index (χ1v) is 6.21. The maximum Gasteiger partial charge on any atom is 0.172 e. The van der Waals surface area contributed by atoms with Crippen molar-refractivity contribution in [2.75, 3.05) is 40.0 Å². The summed E-state index contributed by atoms with van der Waals surface area (Å²) in [6.07, 6.45) is 0. The Hall–Kier alpha value is -0.980. The number of methoxy groups -OCH3 is 1. The number of piperazine rings is 1. The van der Waals surface area contributed by atoms with Crippen LogP contribution in [0.25, 0.3) is 0 Å². The van der Waals surface area contributed by atoms with Crippen molar-refractivity contribution >= 4 is 12.4 Å². The Morgan fingerprint density at radius 2 is 1.95 bits per heavy atom. The van der Waals surface area contributed by atoms with Gasteiger partial charge in [-0.2, -0.15) is 0 Å². The van der Waals surface area contributed by atoms with Crippen LogP contribution in [-0.2, 0) is 0 Å². The molecule has 1 N–H and O–H groups in total. The van der Waals surface area contributed by atoms with Gasteiger partial charge in [0.25, 0.3) is 0 Å². The average molecular weight is 311 g/mol. The van der Waals surface area contributed by atoms with E-state index in [1.54, 1.807) is 4.90 Å². The molecule has 0 aromatic heterocycles. The molecule has 7 heteroatoms. The SMILES string of the molecule is COc1ccc(F)c([C@H](CF)N2CCNCC2)c1F.Cl. The highest BCUT2D eigenvalue weighted by Crippen LogP contribution is 2.31. The van der Waals surface area contributed by atoms with Gasteiger partial charge in [0.2, 0.25) is 0 Å². The van der Waals surface area contributed by atoms with E-state index < -0.39 is 24.4 Å². The minimum Gasteiger partial charge on any atom is -0.494 e. The zero-order valence-electron chi connectivity index (χ0n) is 11.2. The Balaban J connectivity index is 0.00000200. The van der Waals surface area contributed by atoms with E-state index in [0.717, 1.165) is 6.07 Å². The van der Waals surface area contributed by atoms with E-state index in [2.05, 4.69) is 5.32 Å². The molecule has 1 atom stereocenters. The minimum absolute atomic E-state index is 0. The zero-order chi connectivity index (χ0) is 13.8. The molecule has 1 aliphatic heterocycles. The molecule has 0 aliphatic carbocycles. The van der Waals surface area contributed by atoms with E-state index in [1.165, 1.54) is 13.2 Å². The number of ether oxygens (including phenoxy) is 1. The van der Waals surface area contributed by atoms with Crippen LogP contribution in [0, 0.1) is 11.6 Å². The van der Waals surface area contributed by atoms with Gasteiger partial charge in [0, 0.05) is 31.7 Å². The predicted octanol–water partition coefficient (Wildman–Crippen LogP) is 2.31. The van der Waals surface area contributed by atoms with E-state index in [1.807, 2.05) is 0 Å². The molecular formula is C13H18ClF3N2O. The lowest BCUT2D eigenvalue weighted by Gasteiger charge is -2.34. The number of rotatable bonds is 4. The van der Waals surface area contributed by atoms with Gasteiger partial charge in [0.05, 0.1) is 13.2 Å². The molecule has 1 aliphatic rings. The van der Waals surface area contributed by atoms with Crippen molar-refractivity contribution in [1.29, 1.82) is 0 Å². The number of hydrogen-bond acceptors (Lipinski definition) is 3. The average Bonchev–Trinajstić information content (AvgIpc) is 2.44. The third-order valence-corrected chi connectivity index (χ3v) is 3.38. The van der Waals surface area contributed by atoms with E-state index in [0.29, 0.717) is 26.2 Å². The third-order valence-electron chi connectivity index (χ3n) is 3.38.